The topological polar surface area (TPSA) is 50.9 Å². The number of nitrogens with zero attached hydrogens (tertiary/aromatic N) is 3. The molecule has 0 unspecified atom stereocenters. The molecule has 0 bridgehead atoms. The Kier molecular flexibility index (Phi) is 6.13. The summed E-state index contributed by atoms with van der Waals surface area (Å²) in [6, 6.07) is 41.2. The molecule has 7 rings (SSSR count). The van der Waals surface area contributed by atoms with E-state index >= 15 is 0 Å². The lowest BCUT2D eigenvalue weighted by Gasteiger charge is -2.22. The largest absolute Gasteiger partial charge is 0.507 e. The van der Waals surface area contributed by atoms with Crippen molar-refractivity contribution in [2.24, 2.45) is 0 Å². The number of phenols is 1. The van der Waals surface area contributed by atoms with Gasteiger partial charge in [-0.2, -0.15) is 0 Å². The fraction of sp³-hybridized carbons (Fsp3) is 0.105. The average Bonchev–Trinajstić information content (AvgIpc) is 3.35. The molecule has 3 aromatic heterocycles. The van der Waals surface area contributed by atoms with E-state index in [1.165, 1.54) is 10.9 Å². The van der Waals surface area contributed by atoms with Crippen LogP contribution < -0.4 is 0 Å². The first-order valence-corrected chi connectivity index (χ1v) is 14.2. The van der Waals surface area contributed by atoms with Crippen LogP contribution in [0.4, 0.5) is 0 Å². The summed E-state index contributed by atoms with van der Waals surface area (Å²) < 4.78 is 2.26. The Balaban J connectivity index is 1.52. The standard InChI is InChI=1S/C38H31N3O/c1-38(2,3)28-20-27(21-29(24-28)41-35-17-9-7-14-30(35)31-16-11-19-39-37(31)41)33-22-26(25-12-5-4-6-13-25)23-34(40-33)32-15-8-10-18-36(32)42/h4-24,42H,1-3H3. The Bertz CT molecular complexity index is 2030. The van der Waals surface area contributed by atoms with Crippen molar-refractivity contribution in [3.8, 4) is 45.1 Å². The SMILES string of the molecule is CC(C)(C)c1cc(-c2cc(-c3ccccc3)cc(-c3ccccc3O)n2)cc(-n2c3ccccc3c3cccnc32)c1. The van der Waals surface area contributed by atoms with Crippen LogP contribution in [-0.2, 0) is 5.41 Å². The van der Waals surface area contributed by atoms with Crippen molar-refractivity contribution in [1.82, 2.24) is 14.5 Å². The molecule has 0 amide bonds. The highest BCUT2D eigenvalue weighted by molar-refractivity contribution is 6.07. The second-order valence-electron chi connectivity index (χ2n) is 11.8. The fourth-order valence-electron chi connectivity index (χ4n) is 5.68. The highest BCUT2D eigenvalue weighted by Gasteiger charge is 2.20. The van der Waals surface area contributed by atoms with E-state index in [0.29, 0.717) is 5.56 Å². The van der Waals surface area contributed by atoms with Gasteiger partial charge in [-0.15, -0.1) is 0 Å². The molecule has 0 aliphatic heterocycles. The Labute approximate surface area is 245 Å². The molecule has 0 saturated heterocycles. The minimum atomic E-state index is -0.103. The van der Waals surface area contributed by atoms with E-state index in [4.69, 9.17) is 9.97 Å². The van der Waals surface area contributed by atoms with Gasteiger partial charge < -0.3 is 5.11 Å². The van der Waals surface area contributed by atoms with Crippen molar-refractivity contribution < 1.29 is 5.11 Å². The van der Waals surface area contributed by atoms with E-state index in [0.717, 1.165) is 50.3 Å². The van der Waals surface area contributed by atoms with Crippen LogP contribution in [0.15, 0.2) is 128 Å². The highest BCUT2D eigenvalue weighted by Crippen LogP contribution is 2.38. The summed E-state index contributed by atoms with van der Waals surface area (Å²) in [6.45, 7) is 6.71. The minimum absolute atomic E-state index is 0.103. The van der Waals surface area contributed by atoms with Gasteiger partial charge in [-0.05, 0) is 82.8 Å². The maximum absolute atomic E-state index is 10.8. The van der Waals surface area contributed by atoms with E-state index in [1.54, 1.807) is 6.07 Å². The van der Waals surface area contributed by atoms with Gasteiger partial charge in [-0.25, -0.2) is 9.97 Å². The zero-order valence-electron chi connectivity index (χ0n) is 23.9. The summed E-state index contributed by atoms with van der Waals surface area (Å²) in [6.07, 6.45) is 1.86. The van der Waals surface area contributed by atoms with Crippen molar-refractivity contribution in [2.45, 2.75) is 26.2 Å². The van der Waals surface area contributed by atoms with Gasteiger partial charge in [-0.1, -0.05) is 81.4 Å². The van der Waals surface area contributed by atoms with E-state index in [-0.39, 0.29) is 11.2 Å². The second kappa shape index (κ2) is 10.0. The van der Waals surface area contributed by atoms with E-state index in [9.17, 15) is 5.11 Å². The molecular weight excluding hydrogens is 514 g/mol. The molecule has 0 spiro atoms. The van der Waals surface area contributed by atoms with Crippen LogP contribution in [0.1, 0.15) is 26.3 Å². The predicted molar refractivity (Wildman–Crippen MR) is 173 cm³/mol. The first-order chi connectivity index (χ1) is 20.4. The molecule has 0 radical (unpaired) electrons. The summed E-state index contributed by atoms with van der Waals surface area (Å²) >= 11 is 0. The maximum atomic E-state index is 10.8. The first-order valence-electron chi connectivity index (χ1n) is 14.2. The summed E-state index contributed by atoms with van der Waals surface area (Å²) in [7, 11) is 0. The third-order valence-corrected chi connectivity index (χ3v) is 7.88. The Morgan fingerprint density at radius 2 is 1.33 bits per heavy atom. The minimum Gasteiger partial charge on any atom is -0.507 e. The zero-order valence-corrected chi connectivity index (χ0v) is 23.9. The van der Waals surface area contributed by atoms with Gasteiger partial charge in [0.2, 0.25) is 0 Å². The van der Waals surface area contributed by atoms with Gasteiger partial charge in [0.1, 0.15) is 11.4 Å². The summed E-state index contributed by atoms with van der Waals surface area (Å²) in [4.78, 5) is 9.97. The van der Waals surface area contributed by atoms with Crippen LogP contribution in [0.25, 0.3) is 61.3 Å². The van der Waals surface area contributed by atoms with E-state index < -0.39 is 0 Å². The maximum Gasteiger partial charge on any atom is 0.145 e. The van der Waals surface area contributed by atoms with Crippen molar-refractivity contribution in [3.05, 3.63) is 133 Å². The molecule has 4 heteroatoms. The second-order valence-corrected chi connectivity index (χ2v) is 11.8. The highest BCUT2D eigenvalue weighted by atomic mass is 16.3. The number of rotatable bonds is 4. The van der Waals surface area contributed by atoms with Crippen molar-refractivity contribution in [1.29, 1.82) is 0 Å². The normalized spacial score (nSPS) is 11.8. The van der Waals surface area contributed by atoms with E-state index in [2.05, 4.69) is 98.1 Å². The molecule has 4 aromatic carbocycles. The molecule has 3 heterocycles. The lowest BCUT2D eigenvalue weighted by molar-refractivity contribution is 0.477. The molecule has 1 N–H and O–H groups in total. The molecule has 0 fully saturated rings. The van der Waals surface area contributed by atoms with Gasteiger partial charge >= 0.3 is 0 Å². The molecule has 7 aromatic rings. The third-order valence-electron chi connectivity index (χ3n) is 7.88. The number of fused-ring (bicyclic) bond motifs is 3. The third kappa shape index (κ3) is 4.51. The van der Waals surface area contributed by atoms with Gasteiger partial charge in [0, 0.05) is 33.8 Å². The van der Waals surface area contributed by atoms with Crippen LogP contribution in [0.3, 0.4) is 0 Å². The van der Waals surface area contributed by atoms with Gasteiger partial charge in [0.25, 0.3) is 0 Å². The fourth-order valence-corrected chi connectivity index (χ4v) is 5.68. The number of hydrogen-bond acceptors (Lipinski definition) is 3. The first kappa shape index (κ1) is 25.7. The van der Waals surface area contributed by atoms with Crippen molar-refractivity contribution in [3.63, 3.8) is 0 Å². The lowest BCUT2D eigenvalue weighted by Crippen LogP contribution is -2.12. The Morgan fingerprint density at radius 1 is 0.619 bits per heavy atom. The average molecular weight is 546 g/mol. The zero-order chi connectivity index (χ0) is 28.8. The van der Waals surface area contributed by atoms with Crippen molar-refractivity contribution in [2.75, 3.05) is 0 Å². The number of hydrogen-bond donors (Lipinski definition) is 1. The number of benzene rings is 4. The van der Waals surface area contributed by atoms with Crippen LogP contribution in [-0.4, -0.2) is 19.6 Å². The number of phenolic OH excluding ortho intramolecular Hbond substituents is 1. The van der Waals surface area contributed by atoms with Gasteiger partial charge in [-0.3, -0.25) is 4.57 Å². The van der Waals surface area contributed by atoms with Crippen LogP contribution >= 0.6 is 0 Å². The quantitative estimate of drug-likeness (QED) is 0.240. The van der Waals surface area contributed by atoms with Crippen LogP contribution in [0, 0.1) is 0 Å². The number of para-hydroxylation sites is 2. The summed E-state index contributed by atoms with van der Waals surface area (Å²) in [5, 5.41) is 13.1. The Hall–Kier alpha value is -5.22. The van der Waals surface area contributed by atoms with Crippen molar-refractivity contribution >= 4 is 21.9 Å². The van der Waals surface area contributed by atoms with Crippen LogP contribution in [0.2, 0.25) is 0 Å². The number of aromatic nitrogens is 3. The Morgan fingerprint density at radius 3 is 2.14 bits per heavy atom. The van der Waals surface area contributed by atoms with Gasteiger partial charge in [0.15, 0.2) is 0 Å². The lowest BCUT2D eigenvalue weighted by atomic mass is 9.85. The van der Waals surface area contributed by atoms with E-state index in [1.807, 2.05) is 48.7 Å². The van der Waals surface area contributed by atoms with Crippen LogP contribution in [0.5, 0.6) is 5.75 Å². The number of pyridine rings is 2. The molecule has 0 aliphatic carbocycles. The molecule has 0 aliphatic rings. The van der Waals surface area contributed by atoms with Gasteiger partial charge in [0.05, 0.1) is 16.9 Å². The molecule has 42 heavy (non-hydrogen) atoms. The molecular formula is C38H31N3O. The molecule has 0 saturated carbocycles. The predicted octanol–water partition coefficient (Wildman–Crippen LogP) is 9.58. The molecule has 0 atom stereocenters. The molecule has 4 nitrogen and oxygen atoms in total. The monoisotopic (exact) mass is 545 g/mol. The number of aromatic hydroxyl groups is 1. The molecule has 204 valence electrons. The summed E-state index contributed by atoms with van der Waals surface area (Å²) in [5.41, 5.74) is 9.60. The smallest absolute Gasteiger partial charge is 0.145 e. The summed E-state index contributed by atoms with van der Waals surface area (Å²) in [5.74, 6) is 0.210.